The Bertz CT molecular complexity index is 1150. The van der Waals surface area contributed by atoms with Crippen molar-refractivity contribution < 1.29 is 19.1 Å². The minimum Gasteiger partial charge on any atom is -0.477 e. The van der Waals surface area contributed by atoms with E-state index in [0.717, 1.165) is 29.5 Å². The molecular formula is C21H20N4O4. The Morgan fingerprint density at radius 1 is 1.28 bits per heavy atom. The number of ether oxygens (including phenoxy) is 1. The second-order valence-corrected chi connectivity index (χ2v) is 7.14. The van der Waals surface area contributed by atoms with Crippen molar-refractivity contribution in [3.05, 3.63) is 48.7 Å². The van der Waals surface area contributed by atoms with Crippen molar-refractivity contribution in [2.45, 2.75) is 25.3 Å². The number of hydrogen-bond acceptors (Lipinski definition) is 5. The van der Waals surface area contributed by atoms with Gasteiger partial charge in [0.25, 0.3) is 0 Å². The number of carbonyl (C=O) groups is 1. The molecule has 0 bridgehead atoms. The van der Waals surface area contributed by atoms with Gasteiger partial charge in [-0.15, -0.1) is 5.10 Å². The lowest BCUT2D eigenvalue weighted by Gasteiger charge is -2.21. The lowest BCUT2D eigenvalue weighted by Crippen LogP contribution is -2.35. The molecule has 8 nitrogen and oxygen atoms in total. The fourth-order valence-electron chi connectivity index (χ4n) is 3.90. The normalized spacial score (nSPS) is 16.7. The average molecular weight is 392 g/mol. The van der Waals surface area contributed by atoms with Crippen LogP contribution in [0, 0.1) is 0 Å². The number of rotatable bonds is 5. The van der Waals surface area contributed by atoms with E-state index in [1.807, 2.05) is 36.4 Å². The van der Waals surface area contributed by atoms with Crippen molar-refractivity contribution in [3.8, 4) is 17.3 Å². The van der Waals surface area contributed by atoms with E-state index in [1.165, 1.54) is 4.90 Å². The van der Waals surface area contributed by atoms with E-state index < -0.39 is 6.09 Å². The smallest absolute Gasteiger partial charge is 0.407 e. The molecule has 1 aliphatic heterocycles. The third kappa shape index (κ3) is 3.26. The Kier molecular flexibility index (Phi) is 4.31. The molecule has 0 saturated carbocycles. The predicted molar refractivity (Wildman–Crippen MR) is 106 cm³/mol. The van der Waals surface area contributed by atoms with Gasteiger partial charge in [-0.1, -0.05) is 18.2 Å². The van der Waals surface area contributed by atoms with Gasteiger partial charge >= 0.3 is 6.09 Å². The molecule has 1 aromatic carbocycles. The van der Waals surface area contributed by atoms with Gasteiger partial charge in [-0.25, -0.2) is 14.3 Å². The summed E-state index contributed by atoms with van der Waals surface area (Å²) in [6, 6.07) is 13.4. The first-order valence-electron chi connectivity index (χ1n) is 9.65. The highest BCUT2D eigenvalue weighted by molar-refractivity contribution is 5.82. The Labute approximate surface area is 166 Å². The van der Waals surface area contributed by atoms with Crippen LogP contribution in [-0.4, -0.2) is 49.9 Å². The van der Waals surface area contributed by atoms with Gasteiger partial charge in [-0.2, -0.15) is 0 Å². The number of nitrogens with zero attached hydrogens (tertiary/aromatic N) is 4. The van der Waals surface area contributed by atoms with E-state index in [0.29, 0.717) is 36.9 Å². The number of aromatic nitrogens is 3. The molecule has 1 atom stereocenters. The first kappa shape index (κ1) is 17.5. The van der Waals surface area contributed by atoms with E-state index in [1.54, 1.807) is 16.8 Å². The minimum atomic E-state index is -0.860. The van der Waals surface area contributed by atoms with Gasteiger partial charge in [0.05, 0.1) is 12.8 Å². The van der Waals surface area contributed by atoms with Crippen molar-refractivity contribution in [1.29, 1.82) is 0 Å². The van der Waals surface area contributed by atoms with Crippen molar-refractivity contribution in [2.75, 3.05) is 13.2 Å². The van der Waals surface area contributed by atoms with E-state index >= 15 is 0 Å². The monoisotopic (exact) mass is 392 g/mol. The maximum atomic E-state index is 11.3. The van der Waals surface area contributed by atoms with E-state index in [2.05, 4.69) is 10.1 Å². The number of likely N-dealkylation sites (tertiary alicyclic amines) is 1. The molecule has 1 aliphatic rings. The summed E-state index contributed by atoms with van der Waals surface area (Å²) in [6.07, 6.45) is 3.29. The van der Waals surface area contributed by atoms with Crippen molar-refractivity contribution in [1.82, 2.24) is 19.5 Å². The molecule has 148 valence electrons. The lowest BCUT2D eigenvalue weighted by molar-refractivity contribution is 0.133. The number of amides is 1. The molecule has 1 fully saturated rings. The quantitative estimate of drug-likeness (QED) is 0.551. The number of benzene rings is 1. The van der Waals surface area contributed by atoms with E-state index in [9.17, 15) is 9.90 Å². The molecule has 1 amide bonds. The maximum Gasteiger partial charge on any atom is 0.407 e. The summed E-state index contributed by atoms with van der Waals surface area (Å²) in [5.41, 5.74) is 2.25. The molecule has 8 heteroatoms. The highest BCUT2D eigenvalue weighted by atomic mass is 16.5. The van der Waals surface area contributed by atoms with Crippen LogP contribution in [-0.2, 0) is 0 Å². The van der Waals surface area contributed by atoms with Crippen LogP contribution in [0.2, 0.25) is 0 Å². The zero-order chi connectivity index (χ0) is 19.8. The zero-order valence-corrected chi connectivity index (χ0v) is 15.7. The molecule has 3 aromatic heterocycles. The zero-order valence-electron chi connectivity index (χ0n) is 15.7. The third-order valence-corrected chi connectivity index (χ3v) is 5.34. The highest BCUT2D eigenvalue weighted by Crippen LogP contribution is 2.28. The van der Waals surface area contributed by atoms with Crippen LogP contribution in [0.15, 0.2) is 53.1 Å². The van der Waals surface area contributed by atoms with Gasteiger partial charge in [0.1, 0.15) is 11.3 Å². The fourth-order valence-corrected chi connectivity index (χ4v) is 3.90. The number of carboxylic acid groups (broad SMARTS) is 1. The number of furan rings is 1. The highest BCUT2D eigenvalue weighted by Gasteiger charge is 2.28. The maximum absolute atomic E-state index is 11.3. The van der Waals surface area contributed by atoms with Crippen molar-refractivity contribution in [2.24, 2.45) is 0 Å². The SMILES string of the molecule is O=C(O)N1CCC[C@H]1CCOc1ccc2ncc(-c3cc4ccccc4o3)n2n1. The summed E-state index contributed by atoms with van der Waals surface area (Å²) in [7, 11) is 0. The van der Waals surface area contributed by atoms with Gasteiger partial charge < -0.3 is 19.2 Å². The number of para-hydroxylation sites is 1. The van der Waals surface area contributed by atoms with Crippen LogP contribution in [0.5, 0.6) is 5.88 Å². The van der Waals surface area contributed by atoms with Crippen LogP contribution in [0.3, 0.4) is 0 Å². The number of imidazole rings is 1. The van der Waals surface area contributed by atoms with Crippen LogP contribution >= 0.6 is 0 Å². The van der Waals surface area contributed by atoms with Gasteiger partial charge in [-0.3, -0.25) is 0 Å². The number of fused-ring (bicyclic) bond motifs is 2. The molecule has 4 aromatic rings. The molecule has 0 unspecified atom stereocenters. The average Bonchev–Trinajstić information content (AvgIpc) is 3.45. The Balaban J connectivity index is 1.35. The molecule has 1 N–H and O–H groups in total. The summed E-state index contributed by atoms with van der Waals surface area (Å²) >= 11 is 0. The number of hydrogen-bond donors (Lipinski definition) is 1. The van der Waals surface area contributed by atoms with Crippen LogP contribution < -0.4 is 4.74 Å². The summed E-state index contributed by atoms with van der Waals surface area (Å²) in [5, 5.41) is 14.8. The Morgan fingerprint density at radius 3 is 3.03 bits per heavy atom. The molecule has 0 spiro atoms. The molecule has 0 radical (unpaired) electrons. The molecule has 29 heavy (non-hydrogen) atoms. The van der Waals surface area contributed by atoms with E-state index in [-0.39, 0.29) is 6.04 Å². The van der Waals surface area contributed by atoms with Gasteiger partial charge in [0, 0.05) is 30.5 Å². The summed E-state index contributed by atoms with van der Waals surface area (Å²) in [5.74, 6) is 1.15. The van der Waals surface area contributed by atoms with Crippen LogP contribution in [0.1, 0.15) is 19.3 Å². The molecule has 0 aliphatic carbocycles. The summed E-state index contributed by atoms with van der Waals surface area (Å²) in [6.45, 7) is 1.00. The first-order valence-corrected chi connectivity index (χ1v) is 9.65. The van der Waals surface area contributed by atoms with Gasteiger partial charge in [-0.05, 0) is 31.0 Å². The molecule has 4 heterocycles. The standard InChI is InChI=1S/C21H20N4O4/c26-21(27)24-10-3-5-15(24)9-11-28-20-8-7-19-22-13-16(25(19)23-20)18-12-14-4-1-2-6-17(14)29-18/h1-2,4,6-8,12-13,15H,3,5,9-11H2,(H,26,27)/t15-/m0/s1. The molecule has 5 rings (SSSR count). The summed E-state index contributed by atoms with van der Waals surface area (Å²) < 4.78 is 13.5. The van der Waals surface area contributed by atoms with Crippen molar-refractivity contribution in [3.63, 3.8) is 0 Å². The van der Waals surface area contributed by atoms with Gasteiger partial charge in [0.2, 0.25) is 5.88 Å². The second-order valence-electron chi connectivity index (χ2n) is 7.14. The first-order chi connectivity index (χ1) is 14.2. The molecule has 1 saturated heterocycles. The summed E-state index contributed by atoms with van der Waals surface area (Å²) in [4.78, 5) is 17.1. The third-order valence-electron chi connectivity index (χ3n) is 5.34. The molecular weight excluding hydrogens is 372 g/mol. The minimum absolute atomic E-state index is 0.00980. The topological polar surface area (TPSA) is 93.1 Å². The second kappa shape index (κ2) is 7.12. The predicted octanol–water partition coefficient (Wildman–Crippen LogP) is 4.05. The lowest BCUT2D eigenvalue weighted by atomic mass is 10.1. The van der Waals surface area contributed by atoms with Gasteiger partial charge in [0.15, 0.2) is 11.4 Å². The van der Waals surface area contributed by atoms with Crippen LogP contribution in [0.4, 0.5) is 4.79 Å². The largest absolute Gasteiger partial charge is 0.477 e. The van der Waals surface area contributed by atoms with E-state index in [4.69, 9.17) is 9.15 Å². The Morgan fingerprint density at radius 2 is 2.17 bits per heavy atom. The van der Waals surface area contributed by atoms with Crippen molar-refractivity contribution >= 4 is 22.7 Å². The fraction of sp³-hybridized carbons (Fsp3) is 0.286. The van der Waals surface area contributed by atoms with Crippen LogP contribution in [0.25, 0.3) is 28.1 Å². The Hall–Kier alpha value is -3.55.